The molecule has 0 bridgehead atoms. The fourth-order valence-corrected chi connectivity index (χ4v) is 2.65. The van der Waals surface area contributed by atoms with Crippen LogP contribution < -0.4 is 0 Å². The van der Waals surface area contributed by atoms with Gasteiger partial charge >= 0.3 is 0 Å². The van der Waals surface area contributed by atoms with Crippen LogP contribution in [0.3, 0.4) is 0 Å². The zero-order valence-corrected chi connectivity index (χ0v) is 11.8. The van der Waals surface area contributed by atoms with E-state index in [0.29, 0.717) is 11.0 Å². The highest BCUT2D eigenvalue weighted by Gasteiger charge is 2.20. The number of hydrogen-bond donors (Lipinski definition) is 0. The minimum atomic E-state index is 0.145. The van der Waals surface area contributed by atoms with Crippen LogP contribution >= 0.6 is 11.8 Å². The van der Waals surface area contributed by atoms with Gasteiger partial charge in [-0.3, -0.25) is 4.79 Å². The molecular weight excluding hydrogens is 228 g/mol. The number of carbonyl (C=O) groups excluding carboxylic acids is 1. The average Bonchev–Trinajstić information content (AvgIpc) is 2.36. The highest BCUT2D eigenvalue weighted by molar-refractivity contribution is 8.13. The maximum atomic E-state index is 12.1. The Hall–Kier alpha value is -0.760. The summed E-state index contributed by atoms with van der Waals surface area (Å²) in [5.74, 6) is 0.630. The maximum absolute atomic E-state index is 12.1. The molecule has 2 atom stereocenters. The molecule has 0 aliphatic heterocycles. The molecule has 2 heteroatoms. The van der Waals surface area contributed by atoms with Crippen LogP contribution in [0.4, 0.5) is 0 Å². The Balaban J connectivity index is 2.47. The van der Waals surface area contributed by atoms with Crippen molar-refractivity contribution in [2.24, 2.45) is 11.8 Å². The van der Waals surface area contributed by atoms with E-state index in [1.54, 1.807) is 0 Å². The van der Waals surface area contributed by atoms with Crippen molar-refractivity contribution in [3.05, 3.63) is 30.3 Å². The van der Waals surface area contributed by atoms with Crippen LogP contribution in [-0.2, 0) is 4.79 Å². The lowest BCUT2D eigenvalue weighted by Crippen LogP contribution is -2.16. The van der Waals surface area contributed by atoms with Crippen LogP contribution in [0.15, 0.2) is 35.2 Å². The topological polar surface area (TPSA) is 17.1 Å². The molecule has 0 saturated carbocycles. The summed E-state index contributed by atoms with van der Waals surface area (Å²) in [6.45, 7) is 6.43. The van der Waals surface area contributed by atoms with Gasteiger partial charge in [0, 0.05) is 10.8 Å². The van der Waals surface area contributed by atoms with Gasteiger partial charge in [-0.05, 0) is 18.1 Å². The first-order valence-corrected chi connectivity index (χ1v) is 7.23. The van der Waals surface area contributed by atoms with E-state index in [1.165, 1.54) is 24.6 Å². The van der Waals surface area contributed by atoms with Crippen molar-refractivity contribution in [1.82, 2.24) is 0 Å². The monoisotopic (exact) mass is 250 g/mol. The Labute approximate surface area is 109 Å². The first-order chi connectivity index (χ1) is 8.15. The van der Waals surface area contributed by atoms with E-state index in [-0.39, 0.29) is 5.92 Å². The molecule has 0 aliphatic carbocycles. The number of thioether (sulfide) groups is 1. The highest BCUT2D eigenvalue weighted by Crippen LogP contribution is 2.27. The molecule has 0 fully saturated rings. The second-order valence-electron chi connectivity index (χ2n) is 4.64. The minimum Gasteiger partial charge on any atom is -0.287 e. The minimum absolute atomic E-state index is 0.145. The quantitative estimate of drug-likeness (QED) is 0.677. The Morgan fingerprint density at radius 1 is 1.24 bits per heavy atom. The predicted octanol–water partition coefficient (Wildman–Crippen LogP) is 4.77. The summed E-state index contributed by atoms with van der Waals surface area (Å²) in [6, 6.07) is 9.90. The summed E-state index contributed by atoms with van der Waals surface area (Å²) >= 11 is 1.37. The lowest BCUT2D eigenvalue weighted by molar-refractivity contribution is -0.115. The van der Waals surface area contributed by atoms with Crippen molar-refractivity contribution in [3.8, 4) is 0 Å². The van der Waals surface area contributed by atoms with Crippen LogP contribution in [-0.4, -0.2) is 5.12 Å². The Morgan fingerprint density at radius 3 is 2.47 bits per heavy atom. The van der Waals surface area contributed by atoms with Crippen LogP contribution in [0, 0.1) is 11.8 Å². The van der Waals surface area contributed by atoms with Crippen LogP contribution in [0.1, 0.15) is 40.0 Å². The molecule has 0 radical (unpaired) electrons. The van der Waals surface area contributed by atoms with Gasteiger partial charge in [0.1, 0.15) is 0 Å². The van der Waals surface area contributed by atoms with Crippen molar-refractivity contribution < 1.29 is 4.79 Å². The highest BCUT2D eigenvalue weighted by atomic mass is 32.2. The van der Waals surface area contributed by atoms with E-state index in [0.717, 1.165) is 11.3 Å². The number of carbonyl (C=O) groups is 1. The maximum Gasteiger partial charge on any atom is 0.196 e. The molecule has 17 heavy (non-hydrogen) atoms. The lowest BCUT2D eigenvalue weighted by Gasteiger charge is -2.17. The second-order valence-corrected chi connectivity index (χ2v) is 5.72. The van der Waals surface area contributed by atoms with Gasteiger partial charge in [-0.15, -0.1) is 0 Å². The number of benzene rings is 1. The smallest absolute Gasteiger partial charge is 0.196 e. The SMILES string of the molecule is CCCC[C@H](C)C(C)C(=O)Sc1ccccc1. The first kappa shape index (κ1) is 14.3. The van der Waals surface area contributed by atoms with E-state index < -0.39 is 0 Å². The van der Waals surface area contributed by atoms with Crippen molar-refractivity contribution in [2.75, 3.05) is 0 Å². The Kier molecular flexibility index (Phi) is 6.35. The third-order valence-corrected chi connectivity index (χ3v) is 4.28. The van der Waals surface area contributed by atoms with Gasteiger partial charge in [0.05, 0.1) is 0 Å². The van der Waals surface area contributed by atoms with Gasteiger partial charge in [-0.25, -0.2) is 0 Å². The standard InChI is InChI=1S/C15H22OS/c1-4-5-9-12(2)13(3)15(16)17-14-10-7-6-8-11-14/h6-8,10-13H,4-5,9H2,1-3H3/t12-,13?/m0/s1. The third kappa shape index (κ3) is 4.95. The van der Waals surface area contributed by atoms with E-state index in [2.05, 4.69) is 20.8 Å². The van der Waals surface area contributed by atoms with E-state index in [4.69, 9.17) is 0 Å². The number of rotatable bonds is 6. The van der Waals surface area contributed by atoms with Gasteiger partial charge in [0.25, 0.3) is 0 Å². The van der Waals surface area contributed by atoms with E-state index in [9.17, 15) is 4.79 Å². The second kappa shape index (κ2) is 7.54. The van der Waals surface area contributed by atoms with E-state index >= 15 is 0 Å². The summed E-state index contributed by atoms with van der Waals surface area (Å²) in [7, 11) is 0. The summed E-state index contributed by atoms with van der Waals surface area (Å²) < 4.78 is 0. The molecule has 0 spiro atoms. The van der Waals surface area contributed by atoms with Crippen molar-refractivity contribution in [3.63, 3.8) is 0 Å². The third-order valence-electron chi connectivity index (χ3n) is 3.20. The predicted molar refractivity (Wildman–Crippen MR) is 75.2 cm³/mol. The zero-order valence-electron chi connectivity index (χ0n) is 11.0. The van der Waals surface area contributed by atoms with Crippen molar-refractivity contribution in [2.45, 2.75) is 44.9 Å². The molecule has 1 unspecified atom stereocenters. The normalized spacial score (nSPS) is 14.3. The van der Waals surface area contributed by atoms with Gasteiger partial charge in [0.2, 0.25) is 0 Å². The van der Waals surface area contributed by atoms with Gasteiger partial charge in [-0.2, -0.15) is 0 Å². The number of unbranched alkanes of at least 4 members (excludes halogenated alkanes) is 1. The molecule has 1 aromatic carbocycles. The van der Waals surface area contributed by atoms with Gasteiger partial charge in [-0.1, -0.05) is 70.0 Å². The molecule has 1 nitrogen and oxygen atoms in total. The summed E-state index contributed by atoms with van der Waals surface area (Å²) in [6.07, 6.45) is 3.57. The first-order valence-electron chi connectivity index (χ1n) is 6.42. The van der Waals surface area contributed by atoms with Crippen LogP contribution in [0.5, 0.6) is 0 Å². The molecule has 0 aromatic heterocycles. The molecule has 0 heterocycles. The van der Waals surface area contributed by atoms with Gasteiger partial charge < -0.3 is 0 Å². The molecule has 94 valence electrons. The largest absolute Gasteiger partial charge is 0.287 e. The lowest BCUT2D eigenvalue weighted by atomic mass is 9.92. The fraction of sp³-hybridized carbons (Fsp3) is 0.533. The Morgan fingerprint density at radius 2 is 1.88 bits per heavy atom. The van der Waals surface area contributed by atoms with Crippen molar-refractivity contribution >= 4 is 16.9 Å². The fourth-order valence-electron chi connectivity index (χ4n) is 1.71. The molecule has 0 saturated heterocycles. The van der Waals surface area contributed by atoms with Gasteiger partial charge in [0.15, 0.2) is 5.12 Å². The molecule has 0 amide bonds. The van der Waals surface area contributed by atoms with Crippen LogP contribution in [0.25, 0.3) is 0 Å². The molecule has 0 N–H and O–H groups in total. The molecule has 1 rings (SSSR count). The average molecular weight is 250 g/mol. The van der Waals surface area contributed by atoms with Crippen LogP contribution in [0.2, 0.25) is 0 Å². The molecule has 0 aliphatic rings. The molecular formula is C15H22OS. The number of hydrogen-bond acceptors (Lipinski definition) is 2. The summed E-state index contributed by atoms with van der Waals surface area (Å²) in [5, 5.41) is 0.291. The van der Waals surface area contributed by atoms with Crippen molar-refractivity contribution in [1.29, 1.82) is 0 Å². The summed E-state index contributed by atoms with van der Waals surface area (Å²) in [5.41, 5.74) is 0. The zero-order chi connectivity index (χ0) is 12.7. The Bertz CT molecular complexity index is 334. The van der Waals surface area contributed by atoms with E-state index in [1.807, 2.05) is 30.3 Å². The molecule has 1 aromatic rings. The summed E-state index contributed by atoms with van der Waals surface area (Å²) in [4.78, 5) is 13.1.